The quantitative estimate of drug-likeness (QED) is 0.905. The van der Waals surface area contributed by atoms with Crippen LogP contribution in [0.4, 0.5) is 5.69 Å². The minimum absolute atomic E-state index is 0.632. The number of ether oxygens (including phenoxy) is 1. The van der Waals surface area contributed by atoms with Gasteiger partial charge in [0.1, 0.15) is 5.75 Å². The number of nitrogens with one attached hydrogen (secondary N) is 1. The van der Waals surface area contributed by atoms with Crippen molar-refractivity contribution in [2.45, 2.75) is 38.5 Å². The topological polar surface area (TPSA) is 34.2 Å². The van der Waals surface area contributed by atoms with E-state index in [2.05, 4.69) is 30.4 Å². The fourth-order valence-corrected chi connectivity index (χ4v) is 3.24. The lowest BCUT2D eigenvalue weighted by molar-refractivity contribution is 0.415. The molecule has 1 saturated carbocycles. The van der Waals surface area contributed by atoms with Crippen LogP contribution in [-0.2, 0) is 0 Å². The molecule has 0 spiro atoms. The van der Waals surface area contributed by atoms with E-state index >= 15 is 0 Å². The van der Waals surface area contributed by atoms with E-state index in [-0.39, 0.29) is 0 Å². The maximum atomic E-state index is 5.38. The number of aromatic nitrogens is 1. The monoisotopic (exact) mass is 270 g/mol. The van der Waals surface area contributed by atoms with Gasteiger partial charge in [-0.2, -0.15) is 0 Å². The van der Waals surface area contributed by atoms with E-state index in [1.54, 1.807) is 7.11 Å². The lowest BCUT2D eigenvalue weighted by Gasteiger charge is -2.15. The lowest BCUT2D eigenvalue weighted by Crippen LogP contribution is -2.01. The zero-order chi connectivity index (χ0) is 14.1. The third kappa shape index (κ3) is 2.21. The molecule has 1 heterocycles. The molecule has 0 saturated heterocycles. The van der Waals surface area contributed by atoms with Crippen LogP contribution in [0.1, 0.15) is 42.9 Å². The minimum atomic E-state index is 0.632. The maximum Gasteiger partial charge on any atom is 0.119 e. The Labute approximate surface area is 120 Å². The summed E-state index contributed by atoms with van der Waals surface area (Å²) in [5.41, 5.74) is 4.67. The Hall–Kier alpha value is -1.77. The number of hydrogen-bond acceptors (Lipinski definition) is 3. The maximum absolute atomic E-state index is 5.38. The Morgan fingerprint density at radius 2 is 1.95 bits per heavy atom. The molecule has 3 nitrogen and oxygen atoms in total. The highest BCUT2D eigenvalue weighted by molar-refractivity contribution is 5.94. The van der Waals surface area contributed by atoms with Crippen LogP contribution in [0.5, 0.6) is 5.75 Å². The normalized spacial score (nSPS) is 15.8. The molecule has 0 radical (unpaired) electrons. The Bertz CT molecular complexity index is 630. The first kappa shape index (κ1) is 13.2. The van der Waals surface area contributed by atoms with Gasteiger partial charge in [-0.15, -0.1) is 0 Å². The first-order valence-corrected chi connectivity index (χ1v) is 7.40. The van der Waals surface area contributed by atoms with Crippen LogP contribution in [0.3, 0.4) is 0 Å². The molecular formula is C17H22N2O. The SMILES string of the molecule is CNc1cc(C2CCCC2)nc2c(C)cc(OC)cc12. The lowest BCUT2D eigenvalue weighted by atomic mass is 10.00. The number of pyridine rings is 1. The molecule has 0 unspecified atom stereocenters. The van der Waals surface area contributed by atoms with Gasteiger partial charge in [0.25, 0.3) is 0 Å². The molecule has 2 aromatic rings. The van der Waals surface area contributed by atoms with Crippen LogP contribution in [-0.4, -0.2) is 19.1 Å². The van der Waals surface area contributed by atoms with Crippen molar-refractivity contribution in [1.29, 1.82) is 0 Å². The predicted molar refractivity (Wildman–Crippen MR) is 83.8 cm³/mol. The second-order valence-electron chi connectivity index (χ2n) is 5.67. The zero-order valence-corrected chi connectivity index (χ0v) is 12.5. The molecule has 3 heteroatoms. The third-order valence-electron chi connectivity index (χ3n) is 4.38. The molecular weight excluding hydrogens is 248 g/mol. The highest BCUT2D eigenvalue weighted by atomic mass is 16.5. The minimum Gasteiger partial charge on any atom is -0.497 e. The molecule has 1 aromatic carbocycles. The molecule has 0 amide bonds. The standard InChI is InChI=1S/C17H22N2O/c1-11-8-13(20-3)9-14-16(18-2)10-15(19-17(11)14)12-6-4-5-7-12/h8-10,12H,4-7H2,1-3H3,(H,18,19). The van der Waals surface area contributed by atoms with Gasteiger partial charge in [0, 0.05) is 29.7 Å². The van der Waals surface area contributed by atoms with Crippen molar-refractivity contribution in [1.82, 2.24) is 4.98 Å². The van der Waals surface area contributed by atoms with Crippen molar-refractivity contribution in [3.8, 4) is 5.75 Å². The molecule has 1 aliphatic carbocycles. The summed E-state index contributed by atoms with van der Waals surface area (Å²) in [7, 11) is 3.68. The zero-order valence-electron chi connectivity index (χ0n) is 12.5. The number of rotatable bonds is 3. The largest absolute Gasteiger partial charge is 0.497 e. The number of methoxy groups -OCH3 is 1. The summed E-state index contributed by atoms with van der Waals surface area (Å²) < 4.78 is 5.38. The molecule has 1 N–H and O–H groups in total. The van der Waals surface area contributed by atoms with E-state index < -0.39 is 0 Å². The number of benzene rings is 1. The van der Waals surface area contributed by atoms with E-state index in [0.29, 0.717) is 5.92 Å². The second-order valence-corrected chi connectivity index (χ2v) is 5.67. The number of hydrogen-bond donors (Lipinski definition) is 1. The van der Waals surface area contributed by atoms with Crippen molar-refractivity contribution in [3.63, 3.8) is 0 Å². The predicted octanol–water partition coefficient (Wildman–Crippen LogP) is 4.25. The molecule has 20 heavy (non-hydrogen) atoms. The van der Waals surface area contributed by atoms with Crippen LogP contribution in [0.15, 0.2) is 18.2 Å². The Kier molecular flexibility index (Phi) is 3.51. The molecule has 1 aliphatic rings. The Morgan fingerprint density at radius 1 is 1.20 bits per heavy atom. The Balaban J connectivity index is 2.19. The van der Waals surface area contributed by atoms with Crippen LogP contribution in [0.2, 0.25) is 0 Å². The summed E-state index contributed by atoms with van der Waals surface area (Å²) in [5, 5.41) is 4.46. The van der Waals surface area contributed by atoms with E-state index in [9.17, 15) is 0 Å². The first-order valence-electron chi connectivity index (χ1n) is 7.40. The second kappa shape index (κ2) is 5.31. The number of fused-ring (bicyclic) bond motifs is 1. The average molecular weight is 270 g/mol. The van der Waals surface area contributed by atoms with Gasteiger partial charge in [0.2, 0.25) is 0 Å². The summed E-state index contributed by atoms with van der Waals surface area (Å²) in [4.78, 5) is 4.95. The van der Waals surface area contributed by atoms with E-state index in [1.165, 1.54) is 36.9 Å². The average Bonchev–Trinajstić information content (AvgIpc) is 3.00. The van der Waals surface area contributed by atoms with Gasteiger partial charge >= 0.3 is 0 Å². The van der Waals surface area contributed by atoms with E-state index in [4.69, 9.17) is 9.72 Å². The summed E-state index contributed by atoms with van der Waals surface area (Å²) in [6, 6.07) is 6.35. The van der Waals surface area contributed by atoms with Crippen molar-refractivity contribution in [3.05, 3.63) is 29.5 Å². The number of aryl methyl sites for hydroxylation is 1. The van der Waals surface area contributed by atoms with Gasteiger partial charge < -0.3 is 10.1 Å². The van der Waals surface area contributed by atoms with Gasteiger partial charge in [0.05, 0.1) is 12.6 Å². The highest BCUT2D eigenvalue weighted by Gasteiger charge is 2.20. The van der Waals surface area contributed by atoms with Crippen LogP contribution in [0.25, 0.3) is 10.9 Å². The third-order valence-corrected chi connectivity index (χ3v) is 4.38. The van der Waals surface area contributed by atoms with Crippen molar-refractivity contribution >= 4 is 16.6 Å². The van der Waals surface area contributed by atoms with Gasteiger partial charge in [0.15, 0.2) is 0 Å². The smallest absolute Gasteiger partial charge is 0.119 e. The Morgan fingerprint density at radius 3 is 2.60 bits per heavy atom. The molecule has 0 bridgehead atoms. The van der Waals surface area contributed by atoms with Gasteiger partial charge in [-0.05, 0) is 43.5 Å². The van der Waals surface area contributed by atoms with Crippen LogP contribution >= 0.6 is 0 Å². The van der Waals surface area contributed by atoms with Crippen molar-refractivity contribution in [2.75, 3.05) is 19.5 Å². The number of anilines is 1. The van der Waals surface area contributed by atoms with Crippen molar-refractivity contribution < 1.29 is 4.74 Å². The summed E-state index contributed by atoms with van der Waals surface area (Å²) >= 11 is 0. The van der Waals surface area contributed by atoms with E-state index in [0.717, 1.165) is 22.3 Å². The molecule has 1 fully saturated rings. The molecule has 1 aromatic heterocycles. The van der Waals surface area contributed by atoms with Gasteiger partial charge in [-0.25, -0.2) is 0 Å². The molecule has 0 aliphatic heterocycles. The van der Waals surface area contributed by atoms with Crippen LogP contribution in [0, 0.1) is 6.92 Å². The number of nitrogens with zero attached hydrogens (tertiary/aromatic N) is 1. The van der Waals surface area contributed by atoms with Crippen LogP contribution < -0.4 is 10.1 Å². The van der Waals surface area contributed by atoms with Crippen molar-refractivity contribution in [2.24, 2.45) is 0 Å². The summed E-state index contributed by atoms with van der Waals surface area (Å²) in [6.07, 6.45) is 5.22. The fourth-order valence-electron chi connectivity index (χ4n) is 3.24. The molecule has 3 rings (SSSR count). The molecule has 0 atom stereocenters. The molecule has 106 valence electrons. The summed E-state index contributed by atoms with van der Waals surface area (Å²) in [5.74, 6) is 1.52. The highest BCUT2D eigenvalue weighted by Crippen LogP contribution is 2.37. The van der Waals surface area contributed by atoms with Gasteiger partial charge in [-0.1, -0.05) is 12.8 Å². The summed E-state index contributed by atoms with van der Waals surface area (Å²) in [6.45, 7) is 2.11. The fraction of sp³-hybridized carbons (Fsp3) is 0.471. The first-order chi connectivity index (χ1) is 9.72. The van der Waals surface area contributed by atoms with Gasteiger partial charge in [-0.3, -0.25) is 4.98 Å². The van der Waals surface area contributed by atoms with E-state index in [1.807, 2.05) is 7.05 Å².